The monoisotopic (exact) mass is 381 g/mol. The molecule has 1 aliphatic rings. The van der Waals surface area contributed by atoms with Crippen LogP contribution < -0.4 is 10.2 Å². The molecular formula is C17H14Cl2FN3O2. The molecule has 0 bridgehead atoms. The third-order valence-corrected chi connectivity index (χ3v) is 4.28. The van der Waals surface area contributed by atoms with Gasteiger partial charge in [-0.1, -0.05) is 29.3 Å². The fourth-order valence-electron chi connectivity index (χ4n) is 2.56. The summed E-state index contributed by atoms with van der Waals surface area (Å²) in [5.74, 6) is -0.949. The Hall–Kier alpha value is -2.31. The molecule has 25 heavy (non-hydrogen) atoms. The maximum absolute atomic E-state index is 13.1. The van der Waals surface area contributed by atoms with Gasteiger partial charge < -0.3 is 10.2 Å². The molecule has 3 amide bonds. The number of nitrogens with zero attached hydrogens (tertiary/aromatic N) is 2. The molecule has 2 aromatic rings. The highest BCUT2D eigenvalue weighted by Crippen LogP contribution is 2.24. The number of rotatable bonds is 4. The van der Waals surface area contributed by atoms with Crippen LogP contribution in [-0.4, -0.2) is 36.5 Å². The fraction of sp³-hybridized carbons (Fsp3) is 0.176. The molecule has 0 unspecified atom stereocenters. The van der Waals surface area contributed by atoms with E-state index in [0.717, 1.165) is 0 Å². The first-order valence-electron chi connectivity index (χ1n) is 7.51. The van der Waals surface area contributed by atoms with Crippen LogP contribution in [0.25, 0.3) is 0 Å². The van der Waals surface area contributed by atoms with Crippen LogP contribution in [0.1, 0.15) is 0 Å². The Bertz CT molecular complexity index is 831. The maximum atomic E-state index is 13.1. The molecule has 1 N–H and O–H groups in total. The van der Waals surface area contributed by atoms with E-state index >= 15 is 0 Å². The Balaban J connectivity index is 1.62. The number of carbonyl (C=O) groups is 2. The minimum Gasteiger partial charge on any atom is -0.324 e. The summed E-state index contributed by atoms with van der Waals surface area (Å²) in [5.41, 5.74) is 1.06. The molecule has 0 atom stereocenters. The molecule has 0 radical (unpaired) electrons. The van der Waals surface area contributed by atoms with E-state index in [1.807, 2.05) is 0 Å². The molecule has 1 aliphatic heterocycles. The molecule has 0 aromatic heterocycles. The topological polar surface area (TPSA) is 52.7 Å². The van der Waals surface area contributed by atoms with Crippen molar-refractivity contribution in [3.8, 4) is 0 Å². The Morgan fingerprint density at radius 2 is 1.96 bits per heavy atom. The van der Waals surface area contributed by atoms with Crippen LogP contribution in [0.15, 0.2) is 42.5 Å². The third kappa shape index (κ3) is 4.03. The average Bonchev–Trinajstić information content (AvgIpc) is 2.92. The molecule has 0 saturated carbocycles. The van der Waals surface area contributed by atoms with Gasteiger partial charge in [0.1, 0.15) is 12.4 Å². The van der Waals surface area contributed by atoms with Gasteiger partial charge in [0.25, 0.3) is 0 Å². The van der Waals surface area contributed by atoms with E-state index in [1.54, 1.807) is 29.2 Å². The Kier molecular flexibility index (Phi) is 5.11. The molecule has 5 nitrogen and oxygen atoms in total. The van der Waals surface area contributed by atoms with Gasteiger partial charge >= 0.3 is 6.03 Å². The van der Waals surface area contributed by atoms with Crippen LogP contribution >= 0.6 is 23.2 Å². The molecule has 1 fully saturated rings. The number of urea groups is 1. The van der Waals surface area contributed by atoms with Gasteiger partial charge in [0.05, 0.1) is 5.02 Å². The number of hydrogen-bond acceptors (Lipinski definition) is 2. The third-order valence-electron chi connectivity index (χ3n) is 3.75. The average molecular weight is 382 g/mol. The number of benzene rings is 2. The lowest BCUT2D eigenvalue weighted by Gasteiger charge is -2.18. The summed E-state index contributed by atoms with van der Waals surface area (Å²) >= 11 is 11.6. The standard InChI is InChI=1S/C17H14Cl2FN3O2/c18-11-2-1-3-13(8-11)23-7-6-22(17(23)25)10-16(24)21-12-4-5-15(20)14(19)9-12/h1-5,8-9H,6-7,10H2,(H,21,24). The minimum atomic E-state index is -0.563. The molecule has 0 spiro atoms. The summed E-state index contributed by atoms with van der Waals surface area (Å²) in [6.07, 6.45) is 0. The molecular weight excluding hydrogens is 368 g/mol. The summed E-state index contributed by atoms with van der Waals surface area (Å²) in [6.45, 7) is 0.780. The van der Waals surface area contributed by atoms with Crippen molar-refractivity contribution in [1.82, 2.24) is 4.90 Å². The zero-order valence-corrected chi connectivity index (χ0v) is 14.5. The number of carbonyl (C=O) groups excluding carboxylic acids is 2. The molecule has 130 valence electrons. The lowest BCUT2D eigenvalue weighted by atomic mass is 10.3. The van der Waals surface area contributed by atoms with Crippen LogP contribution in [0.5, 0.6) is 0 Å². The Labute approximate surface area is 153 Å². The molecule has 1 saturated heterocycles. The number of anilines is 2. The first-order valence-corrected chi connectivity index (χ1v) is 8.26. The van der Waals surface area contributed by atoms with Gasteiger partial charge in [-0.15, -0.1) is 0 Å². The van der Waals surface area contributed by atoms with Crippen molar-refractivity contribution in [3.05, 3.63) is 58.3 Å². The highest BCUT2D eigenvalue weighted by molar-refractivity contribution is 6.31. The second-order valence-corrected chi connectivity index (χ2v) is 6.36. The van der Waals surface area contributed by atoms with Crippen LogP contribution in [0.4, 0.5) is 20.6 Å². The van der Waals surface area contributed by atoms with E-state index in [0.29, 0.717) is 29.5 Å². The fourth-order valence-corrected chi connectivity index (χ4v) is 2.93. The van der Waals surface area contributed by atoms with E-state index in [9.17, 15) is 14.0 Å². The zero-order valence-electron chi connectivity index (χ0n) is 13.0. The van der Waals surface area contributed by atoms with Crippen LogP contribution in [0.3, 0.4) is 0 Å². The van der Waals surface area contributed by atoms with Crippen LogP contribution in [0, 0.1) is 5.82 Å². The predicted octanol–water partition coefficient (Wildman–Crippen LogP) is 4.01. The number of nitrogens with one attached hydrogen (secondary N) is 1. The summed E-state index contributed by atoms with van der Waals surface area (Å²) in [7, 11) is 0. The van der Waals surface area contributed by atoms with E-state index in [2.05, 4.69) is 5.32 Å². The van der Waals surface area contributed by atoms with E-state index < -0.39 is 5.82 Å². The lowest BCUT2D eigenvalue weighted by molar-refractivity contribution is -0.116. The quantitative estimate of drug-likeness (QED) is 0.869. The largest absolute Gasteiger partial charge is 0.325 e. The molecule has 0 aliphatic carbocycles. The molecule has 3 rings (SSSR count). The summed E-state index contributed by atoms with van der Waals surface area (Å²) in [6, 6.07) is 10.6. The Morgan fingerprint density at radius 1 is 1.16 bits per heavy atom. The normalized spacial score (nSPS) is 14.1. The zero-order chi connectivity index (χ0) is 18.0. The highest BCUT2D eigenvalue weighted by Gasteiger charge is 2.30. The van der Waals surface area contributed by atoms with Crippen molar-refractivity contribution in [2.24, 2.45) is 0 Å². The van der Waals surface area contributed by atoms with Gasteiger partial charge in [-0.2, -0.15) is 0 Å². The van der Waals surface area contributed by atoms with Crippen LogP contribution in [0.2, 0.25) is 10.0 Å². The first-order chi connectivity index (χ1) is 11.9. The van der Waals surface area contributed by atoms with Crippen molar-refractivity contribution >= 4 is 46.5 Å². The smallest absolute Gasteiger partial charge is 0.324 e. The number of halogens is 3. The predicted molar refractivity (Wildman–Crippen MR) is 95.8 cm³/mol. The van der Waals surface area contributed by atoms with E-state index in [1.165, 1.54) is 23.1 Å². The van der Waals surface area contributed by atoms with Gasteiger partial charge in [-0.05, 0) is 36.4 Å². The van der Waals surface area contributed by atoms with Gasteiger partial charge in [0, 0.05) is 29.5 Å². The van der Waals surface area contributed by atoms with Gasteiger partial charge in [-0.25, -0.2) is 9.18 Å². The van der Waals surface area contributed by atoms with Crippen molar-refractivity contribution < 1.29 is 14.0 Å². The molecule has 1 heterocycles. The SMILES string of the molecule is O=C(CN1CCN(c2cccc(Cl)c2)C1=O)Nc1ccc(F)c(Cl)c1. The summed E-state index contributed by atoms with van der Waals surface area (Å²) in [4.78, 5) is 27.6. The van der Waals surface area contributed by atoms with Crippen LogP contribution in [-0.2, 0) is 4.79 Å². The second kappa shape index (κ2) is 7.29. The second-order valence-electron chi connectivity index (χ2n) is 5.51. The summed E-state index contributed by atoms with van der Waals surface area (Å²) in [5, 5.41) is 3.05. The first kappa shape index (κ1) is 17.5. The van der Waals surface area contributed by atoms with Gasteiger partial charge in [-0.3, -0.25) is 9.69 Å². The van der Waals surface area contributed by atoms with E-state index in [4.69, 9.17) is 23.2 Å². The van der Waals surface area contributed by atoms with Crippen molar-refractivity contribution in [3.63, 3.8) is 0 Å². The van der Waals surface area contributed by atoms with Crippen molar-refractivity contribution in [1.29, 1.82) is 0 Å². The van der Waals surface area contributed by atoms with E-state index in [-0.39, 0.29) is 23.5 Å². The summed E-state index contributed by atoms with van der Waals surface area (Å²) < 4.78 is 13.1. The number of hydrogen-bond donors (Lipinski definition) is 1. The van der Waals surface area contributed by atoms with Crippen molar-refractivity contribution in [2.45, 2.75) is 0 Å². The van der Waals surface area contributed by atoms with Gasteiger partial charge in [0.2, 0.25) is 5.91 Å². The van der Waals surface area contributed by atoms with Crippen molar-refractivity contribution in [2.75, 3.05) is 29.9 Å². The van der Waals surface area contributed by atoms with Gasteiger partial charge in [0.15, 0.2) is 0 Å². The lowest BCUT2D eigenvalue weighted by Crippen LogP contribution is -2.37. The maximum Gasteiger partial charge on any atom is 0.325 e. The molecule has 8 heteroatoms. The molecule has 2 aromatic carbocycles. The number of amides is 3. The highest BCUT2D eigenvalue weighted by atomic mass is 35.5. The Morgan fingerprint density at radius 3 is 2.68 bits per heavy atom. The minimum absolute atomic E-state index is 0.0813.